The van der Waals surface area contributed by atoms with E-state index in [1.807, 2.05) is 19.1 Å². The van der Waals surface area contributed by atoms with E-state index in [0.717, 1.165) is 10.5 Å². The van der Waals surface area contributed by atoms with E-state index in [2.05, 4.69) is 15.9 Å². The predicted molar refractivity (Wildman–Crippen MR) is 76.9 cm³/mol. The van der Waals surface area contributed by atoms with Crippen LogP contribution in [0.25, 0.3) is 0 Å². The van der Waals surface area contributed by atoms with Crippen LogP contribution in [0.2, 0.25) is 0 Å². The first kappa shape index (κ1) is 14.3. The highest BCUT2D eigenvalue weighted by atomic mass is 79.9. The molecule has 2 rings (SSSR count). The lowest BCUT2D eigenvalue weighted by molar-refractivity contribution is -0.135. The summed E-state index contributed by atoms with van der Waals surface area (Å²) in [6.45, 7) is 1.48. The second-order valence-electron chi connectivity index (χ2n) is 4.22. The molecule has 1 N–H and O–H groups in total. The Morgan fingerprint density at radius 3 is 2.35 bits per heavy atom. The van der Waals surface area contributed by atoms with Crippen LogP contribution < -0.4 is 4.90 Å². The van der Waals surface area contributed by atoms with Crippen LogP contribution in [0, 0.1) is 6.92 Å². The first-order chi connectivity index (χ1) is 9.47. The Labute approximate surface area is 123 Å². The largest absolute Gasteiger partial charge is 0.480 e. The van der Waals surface area contributed by atoms with Crippen LogP contribution in [0.5, 0.6) is 0 Å². The van der Waals surface area contributed by atoms with Gasteiger partial charge in [-0.3, -0.25) is 14.5 Å². The van der Waals surface area contributed by atoms with E-state index in [4.69, 9.17) is 9.52 Å². The lowest BCUT2D eigenvalue weighted by Crippen LogP contribution is -2.35. The minimum atomic E-state index is -1.09. The topological polar surface area (TPSA) is 70.8 Å². The molecular weight excluding hydrogens is 326 g/mol. The summed E-state index contributed by atoms with van der Waals surface area (Å²) in [5, 5.41) is 8.97. The van der Waals surface area contributed by atoms with Crippen LogP contribution >= 0.6 is 15.9 Å². The molecule has 20 heavy (non-hydrogen) atoms. The second kappa shape index (κ2) is 5.92. The van der Waals surface area contributed by atoms with Gasteiger partial charge in [-0.25, -0.2) is 0 Å². The van der Waals surface area contributed by atoms with Crippen molar-refractivity contribution in [2.24, 2.45) is 0 Å². The third-order valence-electron chi connectivity index (χ3n) is 2.67. The lowest BCUT2D eigenvalue weighted by atomic mass is 10.2. The van der Waals surface area contributed by atoms with E-state index in [0.29, 0.717) is 10.4 Å². The van der Waals surface area contributed by atoms with E-state index in [-0.39, 0.29) is 5.76 Å². The summed E-state index contributed by atoms with van der Waals surface area (Å²) >= 11 is 3.11. The van der Waals surface area contributed by atoms with Gasteiger partial charge in [-0.05, 0) is 47.1 Å². The van der Waals surface area contributed by atoms with Crippen molar-refractivity contribution in [1.29, 1.82) is 0 Å². The molecule has 0 aliphatic carbocycles. The van der Waals surface area contributed by atoms with Gasteiger partial charge >= 0.3 is 5.97 Å². The number of rotatable bonds is 4. The Kier molecular flexibility index (Phi) is 4.24. The molecular formula is C14H12BrNO4. The fourth-order valence-electron chi connectivity index (χ4n) is 1.70. The molecule has 0 aliphatic heterocycles. The monoisotopic (exact) mass is 337 g/mol. The molecule has 5 nitrogen and oxygen atoms in total. The minimum absolute atomic E-state index is 0.0821. The van der Waals surface area contributed by atoms with Gasteiger partial charge in [-0.2, -0.15) is 0 Å². The fourth-order valence-corrected chi connectivity index (χ4v) is 2.01. The van der Waals surface area contributed by atoms with Gasteiger partial charge in [-0.1, -0.05) is 17.7 Å². The summed E-state index contributed by atoms with van der Waals surface area (Å²) < 4.78 is 5.60. The van der Waals surface area contributed by atoms with Gasteiger partial charge in [0.2, 0.25) is 0 Å². The Morgan fingerprint density at radius 2 is 1.85 bits per heavy atom. The van der Waals surface area contributed by atoms with E-state index in [1.165, 1.54) is 6.07 Å². The molecule has 104 valence electrons. The van der Waals surface area contributed by atoms with Gasteiger partial charge in [0.15, 0.2) is 10.4 Å². The van der Waals surface area contributed by atoms with Crippen LogP contribution in [-0.4, -0.2) is 23.5 Å². The number of halogens is 1. The number of aryl methyl sites for hydroxylation is 1. The van der Waals surface area contributed by atoms with Crippen LogP contribution in [0.3, 0.4) is 0 Å². The van der Waals surface area contributed by atoms with Crippen LogP contribution in [0.15, 0.2) is 45.5 Å². The molecule has 1 aromatic heterocycles. The number of carboxylic acid groups (broad SMARTS) is 1. The average molecular weight is 338 g/mol. The molecule has 0 saturated carbocycles. The van der Waals surface area contributed by atoms with Crippen molar-refractivity contribution >= 4 is 33.5 Å². The van der Waals surface area contributed by atoms with Crippen molar-refractivity contribution < 1.29 is 19.1 Å². The summed E-state index contributed by atoms with van der Waals surface area (Å²) in [6.07, 6.45) is 0. The summed E-state index contributed by atoms with van der Waals surface area (Å²) in [4.78, 5) is 24.4. The van der Waals surface area contributed by atoms with Crippen molar-refractivity contribution in [3.63, 3.8) is 0 Å². The van der Waals surface area contributed by atoms with Gasteiger partial charge in [0, 0.05) is 5.69 Å². The van der Waals surface area contributed by atoms with Crippen LogP contribution in [-0.2, 0) is 4.79 Å². The molecule has 1 amide bonds. The first-order valence-corrected chi connectivity index (χ1v) is 6.62. The summed E-state index contributed by atoms with van der Waals surface area (Å²) in [7, 11) is 0. The Balaban J connectivity index is 2.34. The maximum absolute atomic E-state index is 12.3. The molecule has 0 aliphatic rings. The predicted octanol–water partition coefficient (Wildman–Crippen LogP) is 3.08. The van der Waals surface area contributed by atoms with E-state index >= 15 is 0 Å². The maximum atomic E-state index is 12.3. The van der Waals surface area contributed by atoms with Crippen molar-refractivity contribution in [3.05, 3.63) is 52.4 Å². The number of nitrogens with zero attached hydrogens (tertiary/aromatic N) is 1. The highest BCUT2D eigenvalue weighted by molar-refractivity contribution is 9.10. The number of carbonyl (C=O) groups excluding carboxylic acids is 1. The third kappa shape index (κ3) is 3.27. The zero-order valence-corrected chi connectivity index (χ0v) is 12.3. The lowest BCUT2D eigenvalue weighted by Gasteiger charge is -2.19. The molecule has 0 spiro atoms. The van der Waals surface area contributed by atoms with E-state index in [1.54, 1.807) is 18.2 Å². The molecule has 2 aromatic rings. The number of anilines is 1. The van der Waals surface area contributed by atoms with Crippen molar-refractivity contribution in [2.45, 2.75) is 6.92 Å². The number of carboxylic acids is 1. The van der Waals surface area contributed by atoms with Gasteiger partial charge in [0.25, 0.3) is 5.91 Å². The summed E-state index contributed by atoms with van der Waals surface area (Å²) in [5.74, 6) is -1.51. The van der Waals surface area contributed by atoms with Crippen LogP contribution in [0.4, 0.5) is 5.69 Å². The molecule has 0 atom stereocenters. The van der Waals surface area contributed by atoms with E-state index < -0.39 is 18.4 Å². The zero-order valence-electron chi connectivity index (χ0n) is 10.7. The van der Waals surface area contributed by atoms with Gasteiger partial charge < -0.3 is 9.52 Å². The Morgan fingerprint density at radius 1 is 1.20 bits per heavy atom. The van der Waals surface area contributed by atoms with Crippen molar-refractivity contribution in [2.75, 3.05) is 11.4 Å². The van der Waals surface area contributed by atoms with Gasteiger partial charge in [0.1, 0.15) is 6.54 Å². The number of aliphatic carboxylic acids is 1. The van der Waals surface area contributed by atoms with Crippen molar-refractivity contribution in [3.8, 4) is 0 Å². The molecule has 0 fully saturated rings. The Bertz CT molecular complexity index is 633. The summed E-state index contributed by atoms with van der Waals surface area (Å²) in [5.41, 5.74) is 1.53. The standard InChI is InChI=1S/C14H12BrNO4/c1-9-2-4-10(5-3-9)16(8-13(17)18)14(19)11-6-7-12(15)20-11/h2-7H,8H2,1H3,(H,17,18). The second-order valence-corrected chi connectivity index (χ2v) is 5.01. The number of furan rings is 1. The molecule has 0 unspecified atom stereocenters. The summed E-state index contributed by atoms with van der Waals surface area (Å²) in [6, 6.07) is 10.1. The van der Waals surface area contributed by atoms with Gasteiger partial charge in [-0.15, -0.1) is 0 Å². The van der Waals surface area contributed by atoms with Crippen molar-refractivity contribution in [1.82, 2.24) is 0 Å². The normalized spacial score (nSPS) is 10.3. The molecule has 1 heterocycles. The maximum Gasteiger partial charge on any atom is 0.323 e. The quantitative estimate of drug-likeness (QED) is 0.930. The van der Waals surface area contributed by atoms with Gasteiger partial charge in [0.05, 0.1) is 0 Å². The molecule has 0 saturated heterocycles. The molecule has 1 aromatic carbocycles. The molecule has 6 heteroatoms. The SMILES string of the molecule is Cc1ccc(N(CC(=O)O)C(=O)c2ccc(Br)o2)cc1. The average Bonchev–Trinajstić information content (AvgIpc) is 2.83. The zero-order chi connectivity index (χ0) is 14.7. The third-order valence-corrected chi connectivity index (χ3v) is 3.09. The number of hydrogen-bond donors (Lipinski definition) is 1. The van der Waals surface area contributed by atoms with Crippen LogP contribution in [0.1, 0.15) is 16.1 Å². The Hall–Kier alpha value is -2.08. The number of benzene rings is 1. The highest BCUT2D eigenvalue weighted by Gasteiger charge is 2.23. The highest BCUT2D eigenvalue weighted by Crippen LogP contribution is 2.21. The van der Waals surface area contributed by atoms with E-state index in [9.17, 15) is 9.59 Å². The fraction of sp³-hybridized carbons (Fsp3) is 0.143. The smallest absolute Gasteiger partial charge is 0.323 e. The molecule has 0 bridgehead atoms. The number of carbonyl (C=O) groups is 2. The number of amides is 1. The molecule has 0 radical (unpaired) electrons. The minimum Gasteiger partial charge on any atom is -0.480 e. The number of hydrogen-bond acceptors (Lipinski definition) is 3. The first-order valence-electron chi connectivity index (χ1n) is 5.83.